The molecule has 1 fully saturated rings. The smallest absolute Gasteiger partial charge is 0.250 e. The molecule has 2 heterocycles. The Labute approximate surface area is 149 Å². The molecule has 0 aliphatic carbocycles. The van der Waals surface area contributed by atoms with E-state index < -0.39 is 0 Å². The van der Waals surface area contributed by atoms with Crippen molar-refractivity contribution in [2.75, 3.05) is 31.6 Å². The summed E-state index contributed by atoms with van der Waals surface area (Å²) in [7, 11) is 0. The Kier molecular flexibility index (Phi) is 5.98. The van der Waals surface area contributed by atoms with E-state index in [0.717, 1.165) is 44.1 Å². The number of halogens is 1. The van der Waals surface area contributed by atoms with Gasteiger partial charge in [0.1, 0.15) is 0 Å². The maximum Gasteiger partial charge on any atom is 0.250 e. The Morgan fingerprint density at radius 3 is 3.04 bits per heavy atom. The Balaban J connectivity index is 1.53. The van der Waals surface area contributed by atoms with Gasteiger partial charge in [-0.25, -0.2) is 4.98 Å². The van der Waals surface area contributed by atoms with Crippen molar-refractivity contribution in [1.29, 1.82) is 0 Å². The number of hydrogen-bond donors (Lipinski definition) is 1. The zero-order valence-corrected chi connectivity index (χ0v) is 14.6. The molecule has 3 rings (SSSR count). The van der Waals surface area contributed by atoms with E-state index in [-0.39, 0.29) is 5.91 Å². The number of hydrogen-bond acceptors (Lipinski definition) is 5. The summed E-state index contributed by atoms with van der Waals surface area (Å²) in [6.45, 7) is 4.15. The van der Waals surface area contributed by atoms with E-state index in [1.54, 1.807) is 18.2 Å². The van der Waals surface area contributed by atoms with Crippen LogP contribution in [0, 0.1) is 0 Å². The Morgan fingerprint density at radius 2 is 2.25 bits per heavy atom. The fourth-order valence-electron chi connectivity index (χ4n) is 2.35. The summed E-state index contributed by atoms with van der Waals surface area (Å²) in [5.41, 5.74) is 1.85. The molecular formula is C17H18ClN3O2S. The topological polar surface area (TPSA) is 54.5 Å². The quantitative estimate of drug-likeness (QED) is 0.828. The average molecular weight is 364 g/mol. The Bertz CT molecular complexity index is 726. The van der Waals surface area contributed by atoms with Gasteiger partial charge in [-0.15, -0.1) is 11.3 Å². The molecule has 126 valence electrons. The zero-order chi connectivity index (χ0) is 16.8. The molecule has 0 spiro atoms. The third kappa shape index (κ3) is 5.14. The highest BCUT2D eigenvalue weighted by Gasteiger charge is 2.13. The van der Waals surface area contributed by atoms with E-state index in [9.17, 15) is 4.79 Å². The number of anilines is 1. The lowest BCUT2D eigenvalue weighted by Gasteiger charge is -2.25. The highest BCUT2D eigenvalue weighted by atomic mass is 35.5. The maximum atomic E-state index is 12.0. The molecule has 0 unspecified atom stereocenters. The number of rotatable bonds is 5. The normalized spacial score (nSPS) is 15.7. The predicted molar refractivity (Wildman–Crippen MR) is 97.3 cm³/mol. The van der Waals surface area contributed by atoms with Gasteiger partial charge in [0.2, 0.25) is 5.91 Å². The van der Waals surface area contributed by atoms with E-state index in [1.165, 1.54) is 17.4 Å². The largest absolute Gasteiger partial charge is 0.379 e. The molecule has 0 atom stereocenters. The van der Waals surface area contributed by atoms with Gasteiger partial charge in [-0.05, 0) is 23.8 Å². The molecule has 1 aromatic heterocycles. The number of carbonyl (C=O) groups is 1. The first-order valence-corrected chi connectivity index (χ1v) is 8.94. The Morgan fingerprint density at radius 1 is 1.42 bits per heavy atom. The number of ether oxygens (including phenoxy) is 1. The number of aromatic nitrogens is 1. The number of nitrogens with zero attached hydrogens (tertiary/aromatic N) is 2. The van der Waals surface area contributed by atoms with Crippen LogP contribution < -0.4 is 5.32 Å². The number of morpholine rings is 1. The number of amides is 1. The summed E-state index contributed by atoms with van der Waals surface area (Å²) >= 11 is 7.35. The van der Waals surface area contributed by atoms with E-state index in [1.807, 2.05) is 17.5 Å². The van der Waals surface area contributed by atoms with E-state index in [4.69, 9.17) is 16.3 Å². The van der Waals surface area contributed by atoms with Crippen molar-refractivity contribution >= 4 is 40.1 Å². The molecule has 2 aromatic rings. The van der Waals surface area contributed by atoms with Gasteiger partial charge in [0.25, 0.3) is 0 Å². The van der Waals surface area contributed by atoms with Crippen LogP contribution in [0.2, 0.25) is 5.02 Å². The molecule has 5 nitrogen and oxygen atoms in total. The van der Waals surface area contributed by atoms with Crippen LogP contribution >= 0.6 is 22.9 Å². The molecule has 0 saturated carbocycles. The second-order valence-electron chi connectivity index (χ2n) is 5.41. The van der Waals surface area contributed by atoms with Crippen LogP contribution in [0.25, 0.3) is 6.08 Å². The number of thiazole rings is 1. The molecule has 1 amide bonds. The highest BCUT2D eigenvalue weighted by Crippen LogP contribution is 2.17. The summed E-state index contributed by atoms with van der Waals surface area (Å²) in [4.78, 5) is 18.7. The summed E-state index contributed by atoms with van der Waals surface area (Å²) in [6, 6.07) is 7.33. The third-order valence-corrected chi connectivity index (χ3v) is 4.59. The van der Waals surface area contributed by atoms with Gasteiger partial charge in [0.05, 0.1) is 18.9 Å². The van der Waals surface area contributed by atoms with Gasteiger partial charge in [-0.3, -0.25) is 15.0 Å². The number of nitrogens with one attached hydrogen (secondary N) is 1. The van der Waals surface area contributed by atoms with Gasteiger partial charge in [-0.2, -0.15) is 0 Å². The monoisotopic (exact) mass is 363 g/mol. The Hall–Kier alpha value is -1.73. The van der Waals surface area contributed by atoms with Crippen molar-refractivity contribution in [2.45, 2.75) is 6.54 Å². The average Bonchev–Trinajstić information content (AvgIpc) is 3.01. The van der Waals surface area contributed by atoms with Crippen LogP contribution in [-0.2, 0) is 16.1 Å². The van der Waals surface area contributed by atoms with Crippen LogP contribution in [-0.4, -0.2) is 42.1 Å². The fourth-order valence-corrected chi connectivity index (χ4v) is 3.26. The van der Waals surface area contributed by atoms with Crippen molar-refractivity contribution in [3.05, 3.63) is 52.0 Å². The number of carbonyl (C=O) groups excluding carboxylic acids is 1. The number of benzene rings is 1. The first-order chi connectivity index (χ1) is 11.7. The summed E-state index contributed by atoms with van der Waals surface area (Å²) < 4.78 is 5.33. The van der Waals surface area contributed by atoms with Gasteiger partial charge in [0, 0.05) is 36.1 Å². The molecule has 24 heavy (non-hydrogen) atoms. The lowest BCUT2D eigenvalue weighted by molar-refractivity contribution is -0.111. The summed E-state index contributed by atoms with van der Waals surface area (Å²) in [5.74, 6) is -0.206. The third-order valence-electron chi connectivity index (χ3n) is 3.55. The van der Waals surface area contributed by atoms with E-state index >= 15 is 0 Å². The first kappa shape index (κ1) is 17.1. The molecule has 1 N–H and O–H groups in total. The van der Waals surface area contributed by atoms with Crippen LogP contribution in [0.4, 0.5) is 5.13 Å². The minimum atomic E-state index is -0.206. The lowest BCUT2D eigenvalue weighted by atomic mass is 10.2. The van der Waals surface area contributed by atoms with Crippen molar-refractivity contribution in [3.8, 4) is 0 Å². The van der Waals surface area contributed by atoms with Gasteiger partial charge < -0.3 is 4.74 Å². The SMILES string of the molecule is O=C(/C=C\c1cccc(Cl)c1)Nc1nc(CN2CCOCC2)cs1. The molecule has 1 aliphatic heterocycles. The predicted octanol–water partition coefficient (Wildman–Crippen LogP) is 3.28. The highest BCUT2D eigenvalue weighted by molar-refractivity contribution is 7.13. The molecular weight excluding hydrogens is 346 g/mol. The zero-order valence-electron chi connectivity index (χ0n) is 13.1. The minimum absolute atomic E-state index is 0.206. The molecule has 1 saturated heterocycles. The van der Waals surface area contributed by atoms with Crippen LogP contribution in [0.15, 0.2) is 35.7 Å². The fraction of sp³-hybridized carbons (Fsp3) is 0.294. The van der Waals surface area contributed by atoms with Gasteiger partial charge >= 0.3 is 0 Å². The van der Waals surface area contributed by atoms with Crippen molar-refractivity contribution in [3.63, 3.8) is 0 Å². The summed E-state index contributed by atoms with van der Waals surface area (Å²) in [5, 5.41) is 6.02. The molecule has 0 radical (unpaired) electrons. The van der Waals surface area contributed by atoms with Crippen molar-refractivity contribution < 1.29 is 9.53 Å². The molecule has 0 bridgehead atoms. The van der Waals surface area contributed by atoms with Gasteiger partial charge in [0.15, 0.2) is 5.13 Å². The second kappa shape index (κ2) is 8.39. The van der Waals surface area contributed by atoms with Crippen molar-refractivity contribution in [1.82, 2.24) is 9.88 Å². The standard InChI is InChI=1S/C17H18ClN3O2S/c18-14-3-1-2-13(10-14)4-5-16(22)20-17-19-15(12-24-17)11-21-6-8-23-9-7-21/h1-5,10,12H,6-9,11H2,(H,19,20,22)/b5-4-. The van der Waals surface area contributed by atoms with E-state index in [0.29, 0.717) is 10.2 Å². The molecule has 7 heteroatoms. The van der Waals surface area contributed by atoms with Crippen LogP contribution in [0.1, 0.15) is 11.3 Å². The minimum Gasteiger partial charge on any atom is -0.379 e. The van der Waals surface area contributed by atoms with Gasteiger partial charge in [-0.1, -0.05) is 23.7 Å². The van der Waals surface area contributed by atoms with Crippen LogP contribution in [0.3, 0.4) is 0 Å². The molecule has 1 aromatic carbocycles. The first-order valence-electron chi connectivity index (χ1n) is 7.68. The van der Waals surface area contributed by atoms with Crippen LogP contribution in [0.5, 0.6) is 0 Å². The summed E-state index contributed by atoms with van der Waals surface area (Å²) in [6.07, 6.45) is 3.21. The maximum absolute atomic E-state index is 12.0. The second-order valence-corrected chi connectivity index (χ2v) is 6.70. The molecule has 1 aliphatic rings. The van der Waals surface area contributed by atoms with Crippen molar-refractivity contribution in [2.24, 2.45) is 0 Å². The van der Waals surface area contributed by atoms with E-state index in [2.05, 4.69) is 15.2 Å². The lowest BCUT2D eigenvalue weighted by Crippen LogP contribution is -2.35.